The fourth-order valence-electron chi connectivity index (χ4n) is 3.85. The van der Waals surface area contributed by atoms with Crippen LogP contribution < -0.4 is 5.32 Å². The highest BCUT2D eigenvalue weighted by Crippen LogP contribution is 2.39. The van der Waals surface area contributed by atoms with Crippen LogP contribution in [0, 0.1) is 0 Å². The number of carboxylic acid groups (broad SMARTS) is 1. The quantitative estimate of drug-likeness (QED) is 0.281. The molecule has 1 saturated heterocycles. The van der Waals surface area contributed by atoms with Crippen LogP contribution >= 0.6 is 11.8 Å². The Hall–Kier alpha value is -3.25. The minimum atomic E-state index is -0.923. The molecule has 11 heteroatoms. The topological polar surface area (TPSA) is 147 Å². The molecule has 36 heavy (non-hydrogen) atoms. The number of hydrogen-bond donors (Lipinski definition) is 4. The molecule has 1 aliphatic heterocycles. The van der Waals surface area contributed by atoms with Gasteiger partial charge in [-0.25, -0.2) is 4.98 Å². The van der Waals surface area contributed by atoms with Crippen molar-refractivity contribution in [3.05, 3.63) is 71.5 Å². The molecule has 2 aromatic carbocycles. The lowest BCUT2D eigenvalue weighted by Crippen LogP contribution is -2.31. The van der Waals surface area contributed by atoms with Crippen LogP contribution in [0.25, 0.3) is 0 Å². The molecular formula is C25H28N4O6S. The number of aromatic amines is 1. The van der Waals surface area contributed by atoms with Crippen LogP contribution in [0.2, 0.25) is 0 Å². The summed E-state index contributed by atoms with van der Waals surface area (Å²) in [6, 6.07) is 14.9. The van der Waals surface area contributed by atoms with Crippen molar-refractivity contribution in [2.45, 2.75) is 55.9 Å². The van der Waals surface area contributed by atoms with Crippen molar-refractivity contribution in [3.63, 3.8) is 0 Å². The maximum Gasteiger partial charge on any atom is 0.303 e. The van der Waals surface area contributed by atoms with E-state index in [-0.39, 0.29) is 44.0 Å². The Morgan fingerprint density at radius 3 is 2.67 bits per heavy atom. The predicted octanol–water partition coefficient (Wildman–Crippen LogP) is 3.83. The van der Waals surface area contributed by atoms with Gasteiger partial charge >= 0.3 is 5.97 Å². The number of anilines is 1. The molecule has 0 radical (unpaired) electrons. The third-order valence-electron chi connectivity index (χ3n) is 5.65. The normalized spacial score (nSPS) is 19.6. The summed E-state index contributed by atoms with van der Waals surface area (Å²) in [5.41, 5.74) is 3.15. The van der Waals surface area contributed by atoms with Crippen molar-refractivity contribution in [2.24, 2.45) is 0 Å². The summed E-state index contributed by atoms with van der Waals surface area (Å²) in [4.78, 5) is 27.1. The summed E-state index contributed by atoms with van der Waals surface area (Å²) >= 11 is 1.51. The van der Waals surface area contributed by atoms with Gasteiger partial charge in [-0.1, -0.05) is 48.2 Å². The maximum absolute atomic E-state index is 12.2. The number of hydrogen-bond acceptors (Lipinski definition) is 8. The molecule has 0 bridgehead atoms. The zero-order valence-electron chi connectivity index (χ0n) is 19.5. The molecule has 190 valence electrons. The Morgan fingerprint density at radius 1 is 1.11 bits per heavy atom. The second kappa shape index (κ2) is 12.6. The molecule has 0 aliphatic carbocycles. The molecule has 2 heterocycles. The largest absolute Gasteiger partial charge is 0.481 e. The van der Waals surface area contributed by atoms with Crippen LogP contribution in [0.5, 0.6) is 0 Å². The summed E-state index contributed by atoms with van der Waals surface area (Å²) < 4.78 is 12.6. The van der Waals surface area contributed by atoms with E-state index >= 15 is 0 Å². The summed E-state index contributed by atoms with van der Waals surface area (Å²) in [6.45, 7) is -0.0250. The lowest BCUT2D eigenvalue weighted by atomic mass is 10.0. The molecule has 1 fully saturated rings. The number of nitrogens with one attached hydrogen (secondary N) is 2. The SMILES string of the molecule is O=C(O)CCCC(=O)Nc1cccc(C2OC(CSc3ncn[nH]3)CC(c3ccc(CO)cc3)O2)c1. The Balaban J connectivity index is 1.47. The van der Waals surface area contributed by atoms with E-state index in [1.807, 2.05) is 36.4 Å². The smallest absolute Gasteiger partial charge is 0.303 e. The molecule has 4 rings (SSSR count). The van der Waals surface area contributed by atoms with Gasteiger partial charge in [0.2, 0.25) is 5.91 Å². The van der Waals surface area contributed by atoms with E-state index < -0.39 is 12.3 Å². The van der Waals surface area contributed by atoms with E-state index in [2.05, 4.69) is 20.5 Å². The van der Waals surface area contributed by atoms with Gasteiger partial charge in [0.15, 0.2) is 11.4 Å². The van der Waals surface area contributed by atoms with Crippen molar-refractivity contribution in [2.75, 3.05) is 11.1 Å². The molecule has 1 amide bonds. The summed E-state index contributed by atoms with van der Waals surface area (Å²) in [7, 11) is 0. The maximum atomic E-state index is 12.2. The standard InChI is InChI=1S/C25H28N4O6S/c30-13-16-7-9-17(10-8-16)21-12-20(14-36-25-26-15-27-29-25)34-24(35-21)18-3-1-4-19(11-18)28-22(31)5-2-6-23(32)33/h1,3-4,7-11,15,20-21,24,30H,2,5-6,12-14H2,(H,28,31)(H,32,33)(H,26,27,29). The van der Waals surface area contributed by atoms with Gasteiger partial charge in [0.05, 0.1) is 18.8 Å². The molecule has 10 nitrogen and oxygen atoms in total. The Kier molecular flexibility index (Phi) is 9.06. The average molecular weight is 513 g/mol. The highest BCUT2D eigenvalue weighted by atomic mass is 32.2. The van der Waals surface area contributed by atoms with Gasteiger partial charge in [-0.05, 0) is 29.7 Å². The lowest BCUT2D eigenvalue weighted by molar-refractivity contribution is -0.245. The van der Waals surface area contributed by atoms with E-state index in [0.29, 0.717) is 23.0 Å². The number of ether oxygens (including phenoxy) is 2. The van der Waals surface area contributed by atoms with Crippen molar-refractivity contribution >= 4 is 29.3 Å². The Morgan fingerprint density at radius 2 is 1.94 bits per heavy atom. The molecule has 0 saturated carbocycles. The van der Waals surface area contributed by atoms with E-state index in [4.69, 9.17) is 14.6 Å². The Labute approximate surface area is 212 Å². The molecule has 3 atom stereocenters. The third-order valence-corrected chi connectivity index (χ3v) is 6.66. The first-order valence-corrected chi connectivity index (χ1v) is 12.6. The number of carbonyl (C=O) groups excluding carboxylic acids is 1. The first-order chi connectivity index (χ1) is 17.5. The monoisotopic (exact) mass is 512 g/mol. The number of carboxylic acids is 1. The molecule has 3 unspecified atom stereocenters. The first-order valence-electron chi connectivity index (χ1n) is 11.6. The van der Waals surface area contributed by atoms with Crippen molar-refractivity contribution in [1.29, 1.82) is 0 Å². The zero-order chi connectivity index (χ0) is 25.3. The van der Waals surface area contributed by atoms with Gasteiger partial charge in [0.1, 0.15) is 6.33 Å². The fraction of sp³-hybridized carbons (Fsp3) is 0.360. The van der Waals surface area contributed by atoms with Crippen LogP contribution in [0.3, 0.4) is 0 Å². The lowest BCUT2D eigenvalue weighted by Gasteiger charge is -2.36. The van der Waals surface area contributed by atoms with Gasteiger partial charge in [0.25, 0.3) is 0 Å². The fourth-order valence-corrected chi connectivity index (χ4v) is 4.64. The second-order valence-electron chi connectivity index (χ2n) is 8.37. The summed E-state index contributed by atoms with van der Waals surface area (Å²) in [6.07, 6.45) is 1.41. The van der Waals surface area contributed by atoms with Gasteiger partial charge in [-0.2, -0.15) is 5.10 Å². The molecule has 0 spiro atoms. The number of aliphatic hydroxyl groups excluding tert-OH is 1. The van der Waals surface area contributed by atoms with Crippen LogP contribution in [-0.4, -0.2) is 49.1 Å². The van der Waals surface area contributed by atoms with Crippen molar-refractivity contribution in [1.82, 2.24) is 15.2 Å². The van der Waals surface area contributed by atoms with Gasteiger partial charge in [-0.15, -0.1) is 0 Å². The summed E-state index contributed by atoms with van der Waals surface area (Å²) in [5, 5.41) is 28.4. The molecular weight excluding hydrogens is 484 g/mol. The molecule has 1 aromatic heterocycles. The number of amides is 1. The minimum absolute atomic E-state index is 0.0250. The van der Waals surface area contributed by atoms with Crippen LogP contribution in [0.15, 0.2) is 60.0 Å². The number of aliphatic carboxylic acids is 1. The predicted molar refractivity (Wildman–Crippen MR) is 132 cm³/mol. The molecule has 1 aliphatic rings. The van der Waals surface area contributed by atoms with E-state index in [1.54, 1.807) is 12.1 Å². The van der Waals surface area contributed by atoms with E-state index in [9.17, 15) is 14.7 Å². The van der Waals surface area contributed by atoms with Crippen molar-refractivity contribution < 1.29 is 29.3 Å². The number of aromatic nitrogens is 3. The highest BCUT2D eigenvalue weighted by molar-refractivity contribution is 7.99. The van der Waals surface area contributed by atoms with Crippen LogP contribution in [0.1, 0.15) is 54.8 Å². The van der Waals surface area contributed by atoms with E-state index in [1.165, 1.54) is 18.1 Å². The first kappa shape index (κ1) is 25.8. The molecule has 3 aromatic rings. The summed E-state index contributed by atoms with van der Waals surface area (Å²) in [5.74, 6) is -0.532. The number of aliphatic hydroxyl groups is 1. The minimum Gasteiger partial charge on any atom is -0.481 e. The Bertz CT molecular complexity index is 1140. The van der Waals surface area contributed by atoms with Gasteiger partial charge in [-0.3, -0.25) is 14.7 Å². The number of carbonyl (C=O) groups is 2. The number of thioether (sulfide) groups is 1. The van der Waals surface area contributed by atoms with Gasteiger partial charge < -0.3 is 25.0 Å². The number of benzene rings is 2. The van der Waals surface area contributed by atoms with Crippen LogP contribution in [0.4, 0.5) is 5.69 Å². The third kappa shape index (κ3) is 7.37. The zero-order valence-corrected chi connectivity index (χ0v) is 20.3. The second-order valence-corrected chi connectivity index (χ2v) is 9.38. The average Bonchev–Trinajstić information content (AvgIpc) is 3.41. The van der Waals surface area contributed by atoms with Crippen LogP contribution in [-0.2, 0) is 25.7 Å². The molecule has 4 N–H and O–H groups in total. The highest BCUT2D eigenvalue weighted by Gasteiger charge is 2.32. The van der Waals surface area contributed by atoms with E-state index in [0.717, 1.165) is 16.7 Å². The number of nitrogens with zero attached hydrogens (tertiary/aromatic N) is 2. The van der Waals surface area contributed by atoms with Crippen molar-refractivity contribution in [3.8, 4) is 0 Å². The number of rotatable bonds is 11. The van der Waals surface area contributed by atoms with Gasteiger partial charge in [0, 0.05) is 36.3 Å². The number of H-pyrrole nitrogens is 1.